The third kappa shape index (κ3) is 5.97. The first-order valence-corrected chi connectivity index (χ1v) is 6.26. The molecule has 0 bridgehead atoms. The quantitative estimate of drug-likeness (QED) is 0.518. The number of carbonyl (C=O) groups is 2. The molecule has 0 fully saturated rings. The lowest BCUT2D eigenvalue weighted by molar-refractivity contribution is -0.129. The number of hydrogen-bond donors (Lipinski definition) is 3. The summed E-state index contributed by atoms with van der Waals surface area (Å²) < 4.78 is 4.82. The third-order valence-corrected chi connectivity index (χ3v) is 2.92. The van der Waals surface area contributed by atoms with Crippen molar-refractivity contribution in [2.24, 2.45) is 11.7 Å². The molecule has 106 valence electrons. The summed E-state index contributed by atoms with van der Waals surface area (Å²) in [7, 11) is 1.56. The Morgan fingerprint density at radius 2 is 1.89 bits per heavy atom. The van der Waals surface area contributed by atoms with Crippen molar-refractivity contribution < 1.29 is 14.3 Å². The van der Waals surface area contributed by atoms with E-state index in [0.717, 1.165) is 6.42 Å². The Hall–Kier alpha value is -1.14. The van der Waals surface area contributed by atoms with Gasteiger partial charge in [-0.1, -0.05) is 20.3 Å². The molecule has 0 saturated heterocycles. The van der Waals surface area contributed by atoms with Gasteiger partial charge in [0.2, 0.25) is 11.8 Å². The van der Waals surface area contributed by atoms with Gasteiger partial charge in [0.15, 0.2) is 0 Å². The Kier molecular flexibility index (Phi) is 8.32. The van der Waals surface area contributed by atoms with E-state index in [1.807, 2.05) is 13.8 Å². The van der Waals surface area contributed by atoms with Gasteiger partial charge in [0.1, 0.15) is 6.04 Å². The average molecular weight is 259 g/mol. The second-order valence-corrected chi connectivity index (χ2v) is 4.43. The molecule has 3 atom stereocenters. The first-order chi connectivity index (χ1) is 8.43. The molecule has 2 amide bonds. The number of rotatable bonds is 8. The Morgan fingerprint density at radius 3 is 2.39 bits per heavy atom. The van der Waals surface area contributed by atoms with Gasteiger partial charge >= 0.3 is 0 Å². The highest BCUT2D eigenvalue weighted by atomic mass is 16.5. The fraction of sp³-hybridized carbons (Fsp3) is 0.833. The van der Waals surface area contributed by atoms with Crippen LogP contribution in [0.5, 0.6) is 0 Å². The molecule has 2 unspecified atom stereocenters. The number of nitrogens with one attached hydrogen (secondary N) is 2. The van der Waals surface area contributed by atoms with Crippen LogP contribution in [0.1, 0.15) is 27.2 Å². The van der Waals surface area contributed by atoms with Gasteiger partial charge in [0.05, 0.1) is 12.6 Å². The van der Waals surface area contributed by atoms with E-state index in [1.165, 1.54) is 0 Å². The van der Waals surface area contributed by atoms with Gasteiger partial charge in [-0.3, -0.25) is 9.59 Å². The summed E-state index contributed by atoms with van der Waals surface area (Å²) in [6, 6.07) is -1.17. The van der Waals surface area contributed by atoms with Gasteiger partial charge < -0.3 is 21.1 Å². The highest BCUT2D eigenvalue weighted by Crippen LogP contribution is 2.05. The minimum Gasteiger partial charge on any atom is -0.383 e. The topological polar surface area (TPSA) is 93.5 Å². The number of hydrogen-bond acceptors (Lipinski definition) is 4. The van der Waals surface area contributed by atoms with Crippen molar-refractivity contribution in [3.8, 4) is 0 Å². The highest BCUT2D eigenvalue weighted by Gasteiger charge is 2.23. The van der Waals surface area contributed by atoms with Crippen molar-refractivity contribution in [3.05, 3.63) is 0 Å². The largest absolute Gasteiger partial charge is 0.383 e. The van der Waals surface area contributed by atoms with Gasteiger partial charge in [-0.05, 0) is 12.8 Å². The first-order valence-electron chi connectivity index (χ1n) is 6.26. The molecule has 0 aromatic rings. The van der Waals surface area contributed by atoms with Crippen LogP contribution in [0.15, 0.2) is 0 Å². The predicted molar refractivity (Wildman–Crippen MR) is 69.9 cm³/mol. The van der Waals surface area contributed by atoms with Crippen LogP contribution in [0.2, 0.25) is 0 Å². The van der Waals surface area contributed by atoms with E-state index in [2.05, 4.69) is 10.6 Å². The van der Waals surface area contributed by atoms with E-state index < -0.39 is 12.1 Å². The SMILES string of the molecule is CCC(C)[C@H](N)C(=O)NC(C)C(=O)NCCOC. The van der Waals surface area contributed by atoms with Gasteiger partial charge in [-0.15, -0.1) is 0 Å². The summed E-state index contributed by atoms with van der Waals surface area (Å²) in [6.07, 6.45) is 0.822. The minimum absolute atomic E-state index is 0.0914. The molecular formula is C12H25N3O3. The van der Waals surface area contributed by atoms with Gasteiger partial charge in [0, 0.05) is 13.7 Å². The maximum Gasteiger partial charge on any atom is 0.242 e. The summed E-state index contributed by atoms with van der Waals surface area (Å²) in [5, 5.41) is 5.26. The average Bonchev–Trinajstić information content (AvgIpc) is 2.36. The standard InChI is InChI=1S/C12H25N3O3/c1-5-8(2)10(13)12(17)15-9(3)11(16)14-6-7-18-4/h8-10H,5-7,13H2,1-4H3,(H,14,16)(H,15,17)/t8?,9?,10-/m0/s1. The molecular weight excluding hydrogens is 234 g/mol. The van der Waals surface area contributed by atoms with Crippen molar-refractivity contribution in [3.63, 3.8) is 0 Å². The van der Waals surface area contributed by atoms with E-state index in [-0.39, 0.29) is 17.7 Å². The first kappa shape index (κ1) is 16.9. The smallest absolute Gasteiger partial charge is 0.242 e. The summed E-state index contributed by atoms with van der Waals surface area (Å²) in [5.41, 5.74) is 5.78. The number of amides is 2. The monoisotopic (exact) mass is 259 g/mol. The Labute approximate surface area is 109 Å². The number of ether oxygens (including phenoxy) is 1. The van der Waals surface area contributed by atoms with Gasteiger partial charge in [-0.25, -0.2) is 0 Å². The second kappa shape index (κ2) is 8.88. The highest BCUT2D eigenvalue weighted by molar-refractivity contribution is 5.89. The molecule has 0 aliphatic rings. The van der Waals surface area contributed by atoms with E-state index in [9.17, 15) is 9.59 Å². The van der Waals surface area contributed by atoms with Crippen LogP contribution in [-0.4, -0.2) is 44.2 Å². The fourth-order valence-corrected chi connectivity index (χ4v) is 1.32. The van der Waals surface area contributed by atoms with Crippen molar-refractivity contribution in [2.45, 2.75) is 39.3 Å². The van der Waals surface area contributed by atoms with Gasteiger partial charge in [-0.2, -0.15) is 0 Å². The molecule has 0 rings (SSSR count). The predicted octanol–water partition coefficient (Wildman–Crippen LogP) is -0.373. The molecule has 4 N–H and O–H groups in total. The Bertz CT molecular complexity index is 271. The van der Waals surface area contributed by atoms with Crippen LogP contribution in [0, 0.1) is 5.92 Å². The van der Waals surface area contributed by atoms with Crippen LogP contribution in [0.4, 0.5) is 0 Å². The summed E-state index contributed by atoms with van der Waals surface area (Å²) in [6.45, 7) is 6.38. The molecule has 0 aromatic carbocycles. The minimum atomic E-state index is -0.593. The van der Waals surface area contributed by atoms with E-state index >= 15 is 0 Å². The maximum absolute atomic E-state index is 11.7. The van der Waals surface area contributed by atoms with Crippen LogP contribution in [-0.2, 0) is 14.3 Å². The van der Waals surface area contributed by atoms with E-state index in [0.29, 0.717) is 13.2 Å². The lowest BCUT2D eigenvalue weighted by Crippen LogP contribution is -2.52. The fourth-order valence-electron chi connectivity index (χ4n) is 1.32. The maximum atomic E-state index is 11.7. The van der Waals surface area contributed by atoms with Crippen molar-refractivity contribution >= 4 is 11.8 Å². The van der Waals surface area contributed by atoms with Crippen molar-refractivity contribution in [1.29, 1.82) is 0 Å². The van der Waals surface area contributed by atoms with Gasteiger partial charge in [0.25, 0.3) is 0 Å². The Morgan fingerprint density at radius 1 is 1.28 bits per heavy atom. The van der Waals surface area contributed by atoms with Crippen LogP contribution in [0.25, 0.3) is 0 Å². The van der Waals surface area contributed by atoms with Crippen LogP contribution >= 0.6 is 0 Å². The van der Waals surface area contributed by atoms with Crippen molar-refractivity contribution in [2.75, 3.05) is 20.3 Å². The molecule has 6 nitrogen and oxygen atoms in total. The lowest BCUT2D eigenvalue weighted by Gasteiger charge is -2.20. The normalized spacial score (nSPS) is 15.6. The molecule has 6 heteroatoms. The number of methoxy groups -OCH3 is 1. The molecule has 0 spiro atoms. The molecule has 0 heterocycles. The zero-order valence-corrected chi connectivity index (χ0v) is 11.7. The molecule has 0 aliphatic heterocycles. The molecule has 0 aromatic heterocycles. The zero-order chi connectivity index (χ0) is 14.1. The number of carbonyl (C=O) groups excluding carboxylic acids is 2. The summed E-state index contributed by atoms with van der Waals surface area (Å²) >= 11 is 0. The third-order valence-electron chi connectivity index (χ3n) is 2.92. The van der Waals surface area contributed by atoms with Crippen molar-refractivity contribution in [1.82, 2.24) is 10.6 Å². The zero-order valence-electron chi connectivity index (χ0n) is 11.7. The van der Waals surface area contributed by atoms with E-state index in [1.54, 1.807) is 14.0 Å². The van der Waals surface area contributed by atoms with E-state index in [4.69, 9.17) is 10.5 Å². The van der Waals surface area contributed by atoms with Crippen LogP contribution < -0.4 is 16.4 Å². The summed E-state index contributed by atoms with van der Waals surface area (Å²) in [4.78, 5) is 23.3. The summed E-state index contributed by atoms with van der Waals surface area (Å²) in [5.74, 6) is -0.441. The van der Waals surface area contributed by atoms with Crippen LogP contribution in [0.3, 0.4) is 0 Å². The molecule has 18 heavy (non-hydrogen) atoms. The molecule has 0 saturated carbocycles. The number of nitrogens with two attached hydrogens (primary N) is 1. The molecule has 0 aliphatic carbocycles. The lowest BCUT2D eigenvalue weighted by atomic mass is 9.99. The Balaban J connectivity index is 4.09. The molecule has 0 radical (unpaired) electrons. The second-order valence-electron chi connectivity index (χ2n) is 4.43.